The fourth-order valence-corrected chi connectivity index (χ4v) is 3.07. The Balaban J connectivity index is 1.84. The number of benzene rings is 1. The van der Waals surface area contributed by atoms with E-state index < -0.39 is 0 Å². The predicted octanol–water partition coefficient (Wildman–Crippen LogP) is 2.01. The van der Waals surface area contributed by atoms with Gasteiger partial charge in [-0.2, -0.15) is 0 Å². The Hall–Kier alpha value is -1.59. The van der Waals surface area contributed by atoms with Gasteiger partial charge in [0.25, 0.3) is 0 Å². The molecule has 22 heavy (non-hydrogen) atoms. The van der Waals surface area contributed by atoms with Crippen LogP contribution in [0.3, 0.4) is 0 Å². The van der Waals surface area contributed by atoms with Crippen LogP contribution in [0.15, 0.2) is 30.3 Å². The fourth-order valence-electron chi connectivity index (χ4n) is 3.07. The van der Waals surface area contributed by atoms with Crippen molar-refractivity contribution >= 4 is 6.09 Å². The van der Waals surface area contributed by atoms with E-state index in [4.69, 9.17) is 9.84 Å². The molecule has 2 atom stereocenters. The van der Waals surface area contributed by atoms with Crippen molar-refractivity contribution in [1.82, 2.24) is 10.2 Å². The number of piperidine rings is 1. The normalized spacial score (nSPS) is 19.7. The van der Waals surface area contributed by atoms with Crippen LogP contribution in [0.1, 0.15) is 24.8 Å². The molecular formula is C17H26N2O3. The van der Waals surface area contributed by atoms with Gasteiger partial charge in [-0.25, -0.2) is 4.79 Å². The topological polar surface area (TPSA) is 61.8 Å². The van der Waals surface area contributed by atoms with Gasteiger partial charge in [0, 0.05) is 25.7 Å². The van der Waals surface area contributed by atoms with E-state index in [1.54, 1.807) is 4.90 Å². The number of carbonyl (C=O) groups is 1. The Kier molecular flexibility index (Phi) is 6.68. The van der Waals surface area contributed by atoms with Crippen LogP contribution in [-0.2, 0) is 11.3 Å². The lowest BCUT2D eigenvalue weighted by atomic mass is 9.89. The quantitative estimate of drug-likeness (QED) is 0.844. The minimum atomic E-state index is -0.243. The first-order valence-electron chi connectivity index (χ1n) is 7.98. The maximum atomic E-state index is 12.2. The highest BCUT2D eigenvalue weighted by Crippen LogP contribution is 2.22. The summed E-state index contributed by atoms with van der Waals surface area (Å²) in [7, 11) is 1.91. The number of carbonyl (C=O) groups excluding carboxylic acids is 1. The molecule has 1 aliphatic heterocycles. The SMILES string of the molecule is CN[C@H](CCO)[C@H]1CCCN(C(=O)OCc2ccccc2)C1. The van der Waals surface area contributed by atoms with Crippen molar-refractivity contribution in [2.45, 2.75) is 31.9 Å². The second kappa shape index (κ2) is 8.76. The number of aliphatic hydroxyl groups is 1. The van der Waals surface area contributed by atoms with Crippen LogP contribution in [0.4, 0.5) is 4.79 Å². The van der Waals surface area contributed by atoms with Gasteiger partial charge in [0.2, 0.25) is 0 Å². The number of hydrogen-bond donors (Lipinski definition) is 2. The average molecular weight is 306 g/mol. The molecule has 1 aromatic rings. The van der Waals surface area contributed by atoms with E-state index in [0.29, 0.717) is 25.5 Å². The summed E-state index contributed by atoms with van der Waals surface area (Å²) in [6.45, 7) is 1.92. The second-order valence-electron chi connectivity index (χ2n) is 5.80. The number of amides is 1. The fraction of sp³-hybridized carbons (Fsp3) is 0.588. The molecule has 0 spiro atoms. The lowest BCUT2D eigenvalue weighted by molar-refractivity contribution is 0.0719. The molecule has 5 nitrogen and oxygen atoms in total. The molecule has 1 amide bonds. The van der Waals surface area contributed by atoms with E-state index in [1.165, 1.54) is 0 Å². The highest BCUT2D eigenvalue weighted by Gasteiger charge is 2.29. The minimum Gasteiger partial charge on any atom is -0.445 e. The van der Waals surface area contributed by atoms with Crippen molar-refractivity contribution in [3.63, 3.8) is 0 Å². The highest BCUT2D eigenvalue weighted by molar-refractivity contribution is 5.67. The Labute approximate surface area is 132 Å². The smallest absolute Gasteiger partial charge is 0.410 e. The lowest BCUT2D eigenvalue weighted by Crippen LogP contribution is -2.47. The molecule has 1 aliphatic rings. The summed E-state index contributed by atoms with van der Waals surface area (Å²) in [4.78, 5) is 14.0. The van der Waals surface area contributed by atoms with Crippen molar-refractivity contribution in [2.24, 2.45) is 5.92 Å². The molecule has 1 fully saturated rings. The van der Waals surface area contributed by atoms with Crippen LogP contribution in [0.5, 0.6) is 0 Å². The summed E-state index contributed by atoms with van der Waals surface area (Å²) in [6, 6.07) is 9.96. The molecule has 0 unspecified atom stereocenters. The summed E-state index contributed by atoms with van der Waals surface area (Å²) in [5, 5.41) is 12.4. The molecule has 5 heteroatoms. The summed E-state index contributed by atoms with van der Waals surface area (Å²) >= 11 is 0. The van der Waals surface area contributed by atoms with Crippen molar-refractivity contribution in [3.8, 4) is 0 Å². The van der Waals surface area contributed by atoms with Crippen LogP contribution in [0.25, 0.3) is 0 Å². The zero-order valence-electron chi connectivity index (χ0n) is 13.2. The average Bonchev–Trinajstić information content (AvgIpc) is 2.58. The van der Waals surface area contributed by atoms with E-state index in [1.807, 2.05) is 37.4 Å². The summed E-state index contributed by atoms with van der Waals surface area (Å²) in [5.41, 5.74) is 0.998. The molecule has 1 aromatic carbocycles. The van der Waals surface area contributed by atoms with E-state index >= 15 is 0 Å². The largest absolute Gasteiger partial charge is 0.445 e. The van der Waals surface area contributed by atoms with Crippen LogP contribution in [0.2, 0.25) is 0 Å². The monoisotopic (exact) mass is 306 g/mol. The standard InChI is InChI=1S/C17H26N2O3/c1-18-16(9-11-20)15-8-5-10-19(12-15)17(21)22-13-14-6-3-2-4-7-14/h2-4,6-7,15-16,18,20H,5,8-13H2,1H3/t15-,16+/m0/s1. The van der Waals surface area contributed by atoms with Gasteiger partial charge in [-0.05, 0) is 37.8 Å². The van der Waals surface area contributed by atoms with E-state index in [0.717, 1.165) is 24.9 Å². The minimum absolute atomic E-state index is 0.167. The maximum absolute atomic E-state index is 12.2. The first-order valence-corrected chi connectivity index (χ1v) is 7.98. The van der Waals surface area contributed by atoms with Gasteiger partial charge in [-0.1, -0.05) is 30.3 Å². The zero-order chi connectivity index (χ0) is 15.8. The molecule has 2 N–H and O–H groups in total. The predicted molar refractivity (Wildman–Crippen MR) is 85.5 cm³/mol. The van der Waals surface area contributed by atoms with Crippen molar-refractivity contribution in [3.05, 3.63) is 35.9 Å². The lowest BCUT2D eigenvalue weighted by Gasteiger charge is -2.36. The highest BCUT2D eigenvalue weighted by atomic mass is 16.6. The van der Waals surface area contributed by atoms with Crippen LogP contribution < -0.4 is 5.32 Å². The van der Waals surface area contributed by atoms with Gasteiger partial charge in [0.15, 0.2) is 0 Å². The van der Waals surface area contributed by atoms with Crippen LogP contribution in [0, 0.1) is 5.92 Å². The molecule has 0 radical (unpaired) electrons. The molecule has 122 valence electrons. The van der Waals surface area contributed by atoms with Gasteiger partial charge >= 0.3 is 6.09 Å². The number of rotatable bonds is 6. The molecule has 1 heterocycles. The summed E-state index contributed by atoms with van der Waals surface area (Å²) < 4.78 is 5.41. The summed E-state index contributed by atoms with van der Waals surface area (Å²) in [5.74, 6) is 0.371. The van der Waals surface area contributed by atoms with Crippen LogP contribution in [-0.4, -0.2) is 48.9 Å². The van der Waals surface area contributed by atoms with Gasteiger partial charge < -0.3 is 20.1 Å². The third-order valence-electron chi connectivity index (χ3n) is 4.30. The molecule has 1 saturated heterocycles. The van der Waals surface area contributed by atoms with E-state index in [9.17, 15) is 4.79 Å². The number of hydrogen-bond acceptors (Lipinski definition) is 4. The molecule has 0 saturated carbocycles. The van der Waals surface area contributed by atoms with Crippen molar-refractivity contribution in [1.29, 1.82) is 0 Å². The maximum Gasteiger partial charge on any atom is 0.410 e. The Morgan fingerprint density at radius 2 is 2.23 bits per heavy atom. The number of ether oxygens (including phenoxy) is 1. The second-order valence-corrected chi connectivity index (χ2v) is 5.80. The first kappa shape index (κ1) is 16.8. The number of aliphatic hydroxyl groups excluding tert-OH is 1. The Morgan fingerprint density at radius 1 is 1.45 bits per heavy atom. The van der Waals surface area contributed by atoms with Crippen molar-refractivity contribution < 1.29 is 14.6 Å². The first-order chi connectivity index (χ1) is 10.7. The Bertz CT molecular complexity index is 452. The van der Waals surface area contributed by atoms with E-state index in [-0.39, 0.29) is 18.7 Å². The third kappa shape index (κ3) is 4.71. The van der Waals surface area contributed by atoms with Gasteiger partial charge in [-0.15, -0.1) is 0 Å². The van der Waals surface area contributed by atoms with E-state index in [2.05, 4.69) is 5.32 Å². The van der Waals surface area contributed by atoms with Gasteiger partial charge in [-0.3, -0.25) is 0 Å². The third-order valence-corrected chi connectivity index (χ3v) is 4.30. The van der Waals surface area contributed by atoms with Crippen LogP contribution >= 0.6 is 0 Å². The molecule has 0 aromatic heterocycles. The molecule has 2 rings (SSSR count). The molecule has 0 aliphatic carbocycles. The molecule has 0 bridgehead atoms. The van der Waals surface area contributed by atoms with Gasteiger partial charge in [0.05, 0.1) is 0 Å². The number of nitrogens with one attached hydrogen (secondary N) is 1. The van der Waals surface area contributed by atoms with Gasteiger partial charge in [0.1, 0.15) is 6.61 Å². The number of nitrogens with zero attached hydrogens (tertiary/aromatic N) is 1. The van der Waals surface area contributed by atoms with Crippen molar-refractivity contribution in [2.75, 3.05) is 26.7 Å². The Morgan fingerprint density at radius 3 is 2.91 bits per heavy atom. The number of likely N-dealkylation sites (tertiary alicyclic amines) is 1. The molecular weight excluding hydrogens is 280 g/mol. The zero-order valence-corrected chi connectivity index (χ0v) is 13.2. The summed E-state index contributed by atoms with van der Waals surface area (Å²) in [6.07, 6.45) is 2.53.